The van der Waals surface area contributed by atoms with Crippen LogP contribution in [0.2, 0.25) is 0 Å². The minimum Gasteiger partial charge on any atom is -0.309 e. The van der Waals surface area contributed by atoms with Crippen LogP contribution in [0, 0.1) is 25.2 Å². The van der Waals surface area contributed by atoms with Crippen LogP contribution in [0.15, 0.2) is 146 Å². The lowest BCUT2D eigenvalue weighted by Crippen LogP contribution is -2.04. The van der Waals surface area contributed by atoms with Crippen LogP contribution in [0.4, 0.5) is 0 Å². The molecule has 8 heteroatoms. The third-order valence-corrected chi connectivity index (χ3v) is 9.33. The third kappa shape index (κ3) is 5.76. The Labute approximate surface area is 305 Å². The second-order valence-electron chi connectivity index (χ2n) is 12.8. The van der Waals surface area contributed by atoms with E-state index in [1.54, 1.807) is 0 Å². The van der Waals surface area contributed by atoms with Crippen molar-refractivity contribution in [2.75, 3.05) is 0 Å². The van der Waals surface area contributed by atoms with Crippen LogP contribution in [0.25, 0.3) is 84.2 Å². The quantitative estimate of drug-likeness (QED) is 0.172. The molecule has 0 saturated heterocycles. The van der Waals surface area contributed by atoms with E-state index < -0.39 is 0 Å². The first kappa shape index (κ1) is 31.6. The minimum absolute atomic E-state index is 0.516. The molecule has 53 heavy (non-hydrogen) atoms. The molecule has 250 valence electrons. The van der Waals surface area contributed by atoms with E-state index in [0.717, 1.165) is 60.9 Å². The molecule has 0 aliphatic carbocycles. The molecule has 8 nitrogen and oxygen atoms in total. The number of nitrogens with zero attached hydrogens (tertiary/aromatic N) is 8. The highest BCUT2D eigenvalue weighted by molar-refractivity contribution is 6.11. The molecule has 6 aromatic carbocycles. The van der Waals surface area contributed by atoms with Gasteiger partial charge in [-0.2, -0.15) is 5.26 Å². The van der Waals surface area contributed by atoms with Gasteiger partial charge in [0.1, 0.15) is 11.6 Å². The van der Waals surface area contributed by atoms with Gasteiger partial charge in [0, 0.05) is 33.0 Å². The molecule has 0 saturated carbocycles. The summed E-state index contributed by atoms with van der Waals surface area (Å²) < 4.78 is 2.27. The molecule has 9 aromatic rings. The monoisotopic (exact) mass is 682 g/mol. The van der Waals surface area contributed by atoms with Crippen LogP contribution < -0.4 is 0 Å². The zero-order chi connectivity index (χ0) is 35.9. The summed E-state index contributed by atoms with van der Waals surface area (Å²) in [5, 5.41) is 12.2. The SMILES string of the molecule is Cc1nc(C)nc(-c2ccc3c(c2)c2ccccc2n3-c2ccc(-c3ccccc3C#N)cc2-c2nc(-c3ccccc3)nc(-c3ccccc3)n2)n1. The lowest BCUT2D eigenvalue weighted by molar-refractivity contribution is 0.929. The van der Waals surface area contributed by atoms with Crippen LogP contribution in [-0.4, -0.2) is 34.5 Å². The topological polar surface area (TPSA) is 106 Å². The maximum Gasteiger partial charge on any atom is 0.166 e. The van der Waals surface area contributed by atoms with Crippen molar-refractivity contribution in [3.05, 3.63) is 163 Å². The van der Waals surface area contributed by atoms with Crippen molar-refractivity contribution >= 4 is 21.8 Å². The number of aryl methyl sites for hydroxylation is 2. The van der Waals surface area contributed by atoms with Gasteiger partial charge in [0.2, 0.25) is 0 Å². The lowest BCUT2D eigenvalue weighted by atomic mass is 9.97. The first-order chi connectivity index (χ1) is 26.0. The van der Waals surface area contributed by atoms with Crippen molar-refractivity contribution < 1.29 is 0 Å². The van der Waals surface area contributed by atoms with Crippen molar-refractivity contribution in [3.63, 3.8) is 0 Å². The van der Waals surface area contributed by atoms with E-state index in [-0.39, 0.29) is 0 Å². The predicted molar refractivity (Wildman–Crippen MR) is 209 cm³/mol. The number of hydrogen-bond donors (Lipinski definition) is 0. The summed E-state index contributed by atoms with van der Waals surface area (Å²) in [4.78, 5) is 29.0. The zero-order valence-corrected chi connectivity index (χ0v) is 28.9. The molecule has 0 radical (unpaired) electrons. The molecular weight excluding hydrogens is 653 g/mol. The zero-order valence-electron chi connectivity index (χ0n) is 28.9. The van der Waals surface area contributed by atoms with Crippen LogP contribution in [0.3, 0.4) is 0 Å². The summed E-state index contributed by atoms with van der Waals surface area (Å²) >= 11 is 0. The molecule has 9 rings (SSSR count). The summed E-state index contributed by atoms with van der Waals surface area (Å²) in [5.74, 6) is 3.65. The first-order valence-corrected chi connectivity index (χ1v) is 17.3. The number of para-hydroxylation sites is 1. The Bertz CT molecular complexity index is 2800. The van der Waals surface area contributed by atoms with E-state index in [1.807, 2.05) is 98.8 Å². The second-order valence-corrected chi connectivity index (χ2v) is 12.8. The molecule has 0 spiro atoms. The van der Waals surface area contributed by atoms with Gasteiger partial charge in [-0.05, 0) is 67.4 Å². The highest BCUT2D eigenvalue weighted by Gasteiger charge is 2.21. The number of fused-ring (bicyclic) bond motifs is 3. The summed E-state index contributed by atoms with van der Waals surface area (Å²) in [6.45, 7) is 3.77. The third-order valence-electron chi connectivity index (χ3n) is 9.33. The van der Waals surface area contributed by atoms with E-state index in [0.29, 0.717) is 40.5 Å². The Balaban J connectivity index is 1.34. The van der Waals surface area contributed by atoms with Gasteiger partial charge in [0.05, 0.1) is 28.4 Å². The van der Waals surface area contributed by atoms with Gasteiger partial charge in [-0.1, -0.05) is 103 Å². The van der Waals surface area contributed by atoms with Gasteiger partial charge in [-0.3, -0.25) is 0 Å². The fourth-order valence-electron chi connectivity index (χ4n) is 6.96. The Morgan fingerprint density at radius 2 is 1.00 bits per heavy atom. The van der Waals surface area contributed by atoms with Crippen LogP contribution in [-0.2, 0) is 0 Å². The number of nitriles is 1. The van der Waals surface area contributed by atoms with Crippen molar-refractivity contribution in [1.82, 2.24) is 34.5 Å². The molecule has 0 unspecified atom stereocenters. The van der Waals surface area contributed by atoms with E-state index >= 15 is 0 Å². The number of hydrogen-bond acceptors (Lipinski definition) is 7. The normalized spacial score (nSPS) is 11.2. The maximum absolute atomic E-state index is 10.1. The minimum atomic E-state index is 0.516. The highest BCUT2D eigenvalue weighted by atomic mass is 15.1. The average Bonchev–Trinajstić information content (AvgIpc) is 3.54. The Morgan fingerprint density at radius 1 is 0.434 bits per heavy atom. The Hall–Kier alpha value is -7.37. The first-order valence-electron chi connectivity index (χ1n) is 17.3. The predicted octanol–water partition coefficient (Wildman–Crippen LogP) is 9.98. The van der Waals surface area contributed by atoms with Crippen LogP contribution >= 0.6 is 0 Å². The van der Waals surface area contributed by atoms with Gasteiger partial charge >= 0.3 is 0 Å². The van der Waals surface area contributed by atoms with Crippen LogP contribution in [0.1, 0.15) is 17.2 Å². The summed E-state index contributed by atoms with van der Waals surface area (Å²) in [5.41, 5.74) is 8.69. The standard InChI is InChI=1S/C45H30N8/c1-28-47-29(2)49-44(48-28)33-22-24-40-37(26-33)36-19-11-12-20-39(36)53(40)41-23-21-32(35-18-10-9-17-34(35)27-46)25-38(41)45-51-42(30-13-5-3-6-14-30)50-43(52-45)31-15-7-4-8-16-31/h3-26H,1-2H3. The number of aromatic nitrogens is 7. The van der Waals surface area contributed by atoms with Crippen molar-refractivity contribution in [1.29, 1.82) is 5.26 Å². The van der Waals surface area contributed by atoms with E-state index in [2.05, 4.69) is 86.3 Å². The van der Waals surface area contributed by atoms with E-state index in [9.17, 15) is 5.26 Å². The molecule has 0 bridgehead atoms. The molecule has 0 N–H and O–H groups in total. The van der Waals surface area contributed by atoms with Crippen LogP contribution in [0.5, 0.6) is 0 Å². The summed E-state index contributed by atoms with van der Waals surface area (Å²) in [6.07, 6.45) is 0. The van der Waals surface area contributed by atoms with Gasteiger partial charge in [0.25, 0.3) is 0 Å². The molecular formula is C45H30N8. The Kier molecular flexibility index (Phi) is 7.79. The molecule has 0 atom stereocenters. The fraction of sp³-hybridized carbons (Fsp3) is 0.0444. The molecule has 3 aromatic heterocycles. The summed E-state index contributed by atoms with van der Waals surface area (Å²) in [7, 11) is 0. The highest BCUT2D eigenvalue weighted by Crippen LogP contribution is 2.39. The number of rotatable bonds is 6. The molecule has 0 aliphatic heterocycles. The largest absolute Gasteiger partial charge is 0.309 e. The van der Waals surface area contributed by atoms with Crippen molar-refractivity contribution in [2.24, 2.45) is 0 Å². The average molecular weight is 683 g/mol. The van der Waals surface area contributed by atoms with Crippen molar-refractivity contribution in [3.8, 4) is 68.4 Å². The molecule has 0 amide bonds. The smallest absolute Gasteiger partial charge is 0.166 e. The van der Waals surface area contributed by atoms with Gasteiger partial charge in [0.15, 0.2) is 23.3 Å². The number of benzene rings is 6. The lowest BCUT2D eigenvalue weighted by Gasteiger charge is -2.16. The van der Waals surface area contributed by atoms with Gasteiger partial charge in [-0.15, -0.1) is 0 Å². The fourth-order valence-corrected chi connectivity index (χ4v) is 6.96. The van der Waals surface area contributed by atoms with Crippen molar-refractivity contribution in [2.45, 2.75) is 13.8 Å². The second kappa shape index (κ2) is 13.1. The maximum atomic E-state index is 10.1. The molecule has 0 aliphatic rings. The summed E-state index contributed by atoms with van der Waals surface area (Å²) in [6, 6.07) is 50.9. The van der Waals surface area contributed by atoms with Gasteiger partial charge in [-0.25, -0.2) is 29.9 Å². The Morgan fingerprint density at radius 3 is 1.70 bits per heavy atom. The van der Waals surface area contributed by atoms with E-state index in [1.165, 1.54) is 0 Å². The molecule has 0 fully saturated rings. The molecule has 3 heterocycles. The van der Waals surface area contributed by atoms with E-state index in [4.69, 9.17) is 15.0 Å². The van der Waals surface area contributed by atoms with Gasteiger partial charge < -0.3 is 4.57 Å².